The van der Waals surface area contributed by atoms with Crippen molar-refractivity contribution < 1.29 is 0 Å². The molecule has 2 rings (SSSR count). The van der Waals surface area contributed by atoms with Crippen LogP contribution in [-0.2, 0) is 6.42 Å². The summed E-state index contributed by atoms with van der Waals surface area (Å²) in [5.74, 6) is 2.74. The summed E-state index contributed by atoms with van der Waals surface area (Å²) in [6.07, 6.45) is 4.90. The van der Waals surface area contributed by atoms with Crippen LogP contribution in [0, 0.1) is 12.8 Å². The molecule has 0 spiro atoms. The summed E-state index contributed by atoms with van der Waals surface area (Å²) < 4.78 is 0. The predicted octanol–water partition coefficient (Wildman–Crippen LogP) is 2.95. The van der Waals surface area contributed by atoms with Crippen LogP contribution in [0.1, 0.15) is 44.6 Å². The fraction of sp³-hybridized carbons (Fsp3) is 0.692. The lowest BCUT2D eigenvalue weighted by atomic mass is 10.2. The van der Waals surface area contributed by atoms with E-state index in [-0.39, 0.29) is 0 Å². The van der Waals surface area contributed by atoms with E-state index in [2.05, 4.69) is 35.2 Å². The van der Waals surface area contributed by atoms with Gasteiger partial charge in [-0.1, -0.05) is 20.3 Å². The third-order valence-corrected chi connectivity index (χ3v) is 3.17. The fourth-order valence-corrected chi connectivity index (χ4v) is 2.19. The Labute approximate surface area is 97.7 Å². The van der Waals surface area contributed by atoms with Crippen molar-refractivity contribution in [2.75, 3.05) is 5.32 Å². The molecule has 1 aromatic heterocycles. The smallest absolute Gasteiger partial charge is 0.130 e. The normalized spacial score (nSPS) is 23.2. The van der Waals surface area contributed by atoms with E-state index in [0.29, 0.717) is 6.04 Å². The van der Waals surface area contributed by atoms with Crippen LogP contribution in [0.25, 0.3) is 0 Å². The van der Waals surface area contributed by atoms with Gasteiger partial charge in [0.2, 0.25) is 0 Å². The summed E-state index contributed by atoms with van der Waals surface area (Å²) in [7, 11) is 0. The van der Waals surface area contributed by atoms with Gasteiger partial charge < -0.3 is 5.32 Å². The summed E-state index contributed by atoms with van der Waals surface area (Å²) in [6.45, 7) is 6.34. The molecule has 1 aliphatic carbocycles. The van der Waals surface area contributed by atoms with Crippen LogP contribution in [0.2, 0.25) is 0 Å². The molecule has 1 saturated carbocycles. The van der Waals surface area contributed by atoms with E-state index in [0.717, 1.165) is 29.7 Å². The monoisotopic (exact) mass is 219 g/mol. The minimum absolute atomic E-state index is 0.652. The lowest BCUT2D eigenvalue weighted by Crippen LogP contribution is -2.08. The number of aryl methyl sites for hydroxylation is 2. The van der Waals surface area contributed by atoms with E-state index in [1.165, 1.54) is 19.3 Å². The quantitative estimate of drug-likeness (QED) is 0.827. The Morgan fingerprint density at radius 3 is 2.88 bits per heavy atom. The van der Waals surface area contributed by atoms with Gasteiger partial charge in [0.05, 0.1) is 0 Å². The first-order valence-corrected chi connectivity index (χ1v) is 6.34. The van der Waals surface area contributed by atoms with Gasteiger partial charge in [0.25, 0.3) is 0 Å². The number of nitrogens with one attached hydrogen (secondary N) is 1. The molecule has 0 bridgehead atoms. The molecule has 0 saturated heterocycles. The molecule has 1 heterocycles. The Morgan fingerprint density at radius 2 is 2.19 bits per heavy atom. The zero-order valence-corrected chi connectivity index (χ0v) is 10.5. The number of anilines is 1. The summed E-state index contributed by atoms with van der Waals surface area (Å²) in [6, 6.07) is 2.73. The minimum Gasteiger partial charge on any atom is -0.367 e. The Kier molecular flexibility index (Phi) is 3.42. The Morgan fingerprint density at radius 1 is 1.38 bits per heavy atom. The first-order valence-electron chi connectivity index (χ1n) is 6.34. The lowest BCUT2D eigenvalue weighted by Gasteiger charge is -2.07. The maximum atomic E-state index is 4.43. The van der Waals surface area contributed by atoms with E-state index in [9.17, 15) is 0 Å². The van der Waals surface area contributed by atoms with Crippen LogP contribution in [-0.4, -0.2) is 16.0 Å². The highest BCUT2D eigenvalue weighted by Gasteiger charge is 2.36. The first kappa shape index (κ1) is 11.4. The van der Waals surface area contributed by atoms with E-state index in [1.807, 2.05) is 6.92 Å². The topological polar surface area (TPSA) is 37.8 Å². The highest BCUT2D eigenvalue weighted by molar-refractivity contribution is 5.39. The zero-order chi connectivity index (χ0) is 11.5. The van der Waals surface area contributed by atoms with Crippen LogP contribution in [0.3, 0.4) is 0 Å². The summed E-state index contributed by atoms with van der Waals surface area (Å²) in [5, 5.41) is 3.52. The van der Waals surface area contributed by atoms with Crippen molar-refractivity contribution in [3.8, 4) is 0 Å². The molecule has 0 radical (unpaired) electrons. The standard InChI is InChI=1S/C13H21N3/c1-4-6-10-7-12(10)16-13-8-11(5-2)14-9(3)15-13/h8,10,12H,4-7H2,1-3H3,(H,14,15,16). The van der Waals surface area contributed by atoms with Gasteiger partial charge in [0.15, 0.2) is 0 Å². The van der Waals surface area contributed by atoms with Crippen molar-refractivity contribution in [2.24, 2.45) is 5.92 Å². The maximum absolute atomic E-state index is 4.43. The maximum Gasteiger partial charge on any atom is 0.130 e. The SMILES string of the molecule is CCCC1CC1Nc1cc(CC)nc(C)n1. The first-order chi connectivity index (χ1) is 7.72. The predicted molar refractivity (Wildman–Crippen MR) is 66.6 cm³/mol. The van der Waals surface area contributed by atoms with E-state index in [1.54, 1.807) is 0 Å². The molecular formula is C13H21N3. The van der Waals surface area contributed by atoms with Gasteiger partial charge >= 0.3 is 0 Å². The molecule has 0 amide bonds. The number of nitrogens with zero attached hydrogens (tertiary/aromatic N) is 2. The van der Waals surface area contributed by atoms with Crippen molar-refractivity contribution >= 4 is 5.82 Å². The second-order valence-corrected chi connectivity index (χ2v) is 4.68. The molecule has 2 atom stereocenters. The molecule has 1 aliphatic rings. The summed E-state index contributed by atoms with van der Waals surface area (Å²) in [5.41, 5.74) is 1.13. The molecule has 1 aromatic rings. The Bertz CT molecular complexity index is 362. The summed E-state index contributed by atoms with van der Waals surface area (Å²) >= 11 is 0. The van der Waals surface area contributed by atoms with Crippen LogP contribution in [0.15, 0.2) is 6.07 Å². The second-order valence-electron chi connectivity index (χ2n) is 4.68. The van der Waals surface area contributed by atoms with Gasteiger partial charge in [-0.05, 0) is 32.1 Å². The van der Waals surface area contributed by atoms with Crippen LogP contribution in [0.4, 0.5) is 5.82 Å². The molecule has 16 heavy (non-hydrogen) atoms. The third kappa shape index (κ3) is 2.71. The van der Waals surface area contributed by atoms with Gasteiger partial charge in [-0.2, -0.15) is 0 Å². The van der Waals surface area contributed by atoms with Crippen molar-refractivity contribution in [3.05, 3.63) is 17.6 Å². The van der Waals surface area contributed by atoms with Crippen LogP contribution in [0.5, 0.6) is 0 Å². The van der Waals surface area contributed by atoms with Crippen molar-refractivity contribution in [3.63, 3.8) is 0 Å². The second kappa shape index (κ2) is 4.81. The highest BCUT2D eigenvalue weighted by Crippen LogP contribution is 2.36. The van der Waals surface area contributed by atoms with E-state index < -0.39 is 0 Å². The highest BCUT2D eigenvalue weighted by atomic mass is 15.1. The third-order valence-electron chi connectivity index (χ3n) is 3.17. The van der Waals surface area contributed by atoms with E-state index in [4.69, 9.17) is 0 Å². The average Bonchev–Trinajstić information content (AvgIpc) is 2.96. The molecule has 1 fully saturated rings. The summed E-state index contributed by atoms with van der Waals surface area (Å²) in [4.78, 5) is 8.82. The number of rotatable bonds is 5. The Hall–Kier alpha value is -1.12. The van der Waals surface area contributed by atoms with Gasteiger partial charge in [0, 0.05) is 17.8 Å². The number of hydrogen-bond acceptors (Lipinski definition) is 3. The van der Waals surface area contributed by atoms with Crippen molar-refractivity contribution in [1.29, 1.82) is 0 Å². The average molecular weight is 219 g/mol. The fourth-order valence-electron chi connectivity index (χ4n) is 2.19. The molecule has 0 aromatic carbocycles. The molecule has 0 aliphatic heterocycles. The molecule has 3 nitrogen and oxygen atoms in total. The molecule has 1 N–H and O–H groups in total. The largest absolute Gasteiger partial charge is 0.367 e. The Balaban J connectivity index is 1.97. The molecular weight excluding hydrogens is 198 g/mol. The van der Waals surface area contributed by atoms with Crippen LogP contribution >= 0.6 is 0 Å². The number of aromatic nitrogens is 2. The van der Waals surface area contributed by atoms with Crippen molar-refractivity contribution in [2.45, 2.75) is 52.5 Å². The van der Waals surface area contributed by atoms with Crippen LogP contribution < -0.4 is 5.32 Å². The van der Waals surface area contributed by atoms with Gasteiger partial charge in [-0.3, -0.25) is 0 Å². The molecule has 88 valence electrons. The van der Waals surface area contributed by atoms with Crippen molar-refractivity contribution in [1.82, 2.24) is 9.97 Å². The molecule has 3 heteroatoms. The van der Waals surface area contributed by atoms with Gasteiger partial charge in [-0.15, -0.1) is 0 Å². The number of hydrogen-bond donors (Lipinski definition) is 1. The van der Waals surface area contributed by atoms with Gasteiger partial charge in [0.1, 0.15) is 11.6 Å². The zero-order valence-electron chi connectivity index (χ0n) is 10.5. The lowest BCUT2D eigenvalue weighted by molar-refractivity contribution is 0.692. The van der Waals surface area contributed by atoms with Gasteiger partial charge in [-0.25, -0.2) is 9.97 Å². The van der Waals surface area contributed by atoms with E-state index >= 15 is 0 Å². The minimum atomic E-state index is 0.652. The molecule has 2 unspecified atom stereocenters.